The van der Waals surface area contributed by atoms with Crippen molar-refractivity contribution in [3.05, 3.63) is 45.4 Å². The van der Waals surface area contributed by atoms with Crippen molar-refractivity contribution < 1.29 is 19.4 Å². The number of nitrogens with zero attached hydrogens (tertiary/aromatic N) is 1. The number of benzene rings is 1. The van der Waals surface area contributed by atoms with Gasteiger partial charge in [0.2, 0.25) is 0 Å². The number of carbonyl (C=O) groups excluding carboxylic acids is 1. The van der Waals surface area contributed by atoms with Crippen molar-refractivity contribution in [3.63, 3.8) is 0 Å². The number of carboxylic acids is 1. The molecule has 1 aromatic carbocycles. The second-order valence-corrected chi connectivity index (χ2v) is 7.23. The van der Waals surface area contributed by atoms with Crippen LogP contribution in [0.5, 0.6) is 5.75 Å². The summed E-state index contributed by atoms with van der Waals surface area (Å²) in [6, 6.07) is 6.60. The van der Waals surface area contributed by atoms with Crippen molar-refractivity contribution in [1.29, 1.82) is 0 Å². The lowest BCUT2D eigenvalue weighted by Crippen LogP contribution is -2.26. The molecule has 0 saturated heterocycles. The predicted octanol–water partition coefficient (Wildman–Crippen LogP) is 3.68. The van der Waals surface area contributed by atoms with E-state index in [1.165, 1.54) is 0 Å². The summed E-state index contributed by atoms with van der Waals surface area (Å²) in [7, 11) is 0. The molecule has 134 valence electrons. The Morgan fingerprint density at radius 3 is 2.64 bits per heavy atom. The summed E-state index contributed by atoms with van der Waals surface area (Å²) in [5.74, 6) is -0.219. The van der Waals surface area contributed by atoms with Crippen molar-refractivity contribution in [3.8, 4) is 5.75 Å². The molecule has 25 heavy (non-hydrogen) atoms. The largest absolute Gasteiger partial charge is 0.493 e. The van der Waals surface area contributed by atoms with Crippen LogP contribution in [-0.4, -0.2) is 28.6 Å². The Balaban J connectivity index is 2.07. The van der Waals surface area contributed by atoms with Crippen LogP contribution < -0.4 is 10.1 Å². The molecule has 0 saturated carbocycles. The van der Waals surface area contributed by atoms with Gasteiger partial charge >= 0.3 is 5.97 Å². The molecule has 6 nitrogen and oxygen atoms in total. The van der Waals surface area contributed by atoms with Gasteiger partial charge < -0.3 is 15.2 Å². The Morgan fingerprint density at radius 1 is 1.32 bits per heavy atom. The molecule has 0 spiro atoms. The van der Waals surface area contributed by atoms with E-state index in [4.69, 9.17) is 9.84 Å². The van der Waals surface area contributed by atoms with E-state index in [0.717, 1.165) is 11.3 Å². The van der Waals surface area contributed by atoms with Crippen LogP contribution in [0, 0.1) is 12.8 Å². The van der Waals surface area contributed by atoms with Crippen LogP contribution in [0.4, 0.5) is 0 Å². The minimum absolute atomic E-state index is 0.195. The van der Waals surface area contributed by atoms with Crippen molar-refractivity contribution >= 4 is 23.2 Å². The first kappa shape index (κ1) is 18.9. The quantitative estimate of drug-likeness (QED) is 0.784. The number of nitrogens with one attached hydrogen (secondary N) is 1. The maximum absolute atomic E-state index is 12.4. The van der Waals surface area contributed by atoms with Gasteiger partial charge in [0.1, 0.15) is 15.6 Å². The van der Waals surface area contributed by atoms with Gasteiger partial charge in [-0.1, -0.05) is 19.9 Å². The normalized spacial score (nSPS) is 12.0. The van der Waals surface area contributed by atoms with Crippen molar-refractivity contribution in [2.75, 3.05) is 6.61 Å². The molecule has 0 aliphatic carbocycles. The Morgan fingerprint density at radius 2 is 2.04 bits per heavy atom. The average Bonchev–Trinajstić information content (AvgIpc) is 2.95. The van der Waals surface area contributed by atoms with E-state index in [1.54, 1.807) is 32.0 Å². The zero-order chi connectivity index (χ0) is 18.6. The fourth-order valence-electron chi connectivity index (χ4n) is 2.13. The molecule has 1 aromatic heterocycles. The van der Waals surface area contributed by atoms with Crippen molar-refractivity contribution in [2.45, 2.75) is 33.7 Å². The Labute approximate surface area is 150 Å². The Kier molecular flexibility index (Phi) is 6.14. The van der Waals surface area contributed by atoms with Gasteiger partial charge in [-0.05, 0) is 38.0 Å². The SMILES string of the molecule is Cc1nc(C(C)NC(=O)c2cccc(OCC(C)C)c2)sc1C(=O)O. The van der Waals surface area contributed by atoms with Crippen LogP contribution in [0.15, 0.2) is 24.3 Å². The van der Waals surface area contributed by atoms with Gasteiger partial charge in [-0.15, -0.1) is 11.3 Å². The summed E-state index contributed by atoms with van der Waals surface area (Å²) >= 11 is 1.08. The molecule has 2 rings (SSSR count). The highest BCUT2D eigenvalue weighted by Crippen LogP contribution is 2.24. The molecule has 0 bridgehead atoms. The fraction of sp³-hybridized carbons (Fsp3) is 0.389. The maximum Gasteiger partial charge on any atom is 0.347 e. The van der Waals surface area contributed by atoms with Gasteiger partial charge in [0.05, 0.1) is 18.3 Å². The standard InChI is InChI=1S/C18H22N2O4S/c1-10(2)9-24-14-7-5-6-13(8-14)16(21)19-12(4)17-20-11(3)15(25-17)18(22)23/h5-8,10,12H,9H2,1-4H3,(H,19,21)(H,22,23). The third kappa shape index (κ3) is 5.03. The van der Waals surface area contributed by atoms with E-state index < -0.39 is 5.97 Å². The summed E-state index contributed by atoms with van der Waals surface area (Å²) in [5.41, 5.74) is 0.942. The number of thiazole rings is 1. The highest BCUT2D eigenvalue weighted by Gasteiger charge is 2.19. The highest BCUT2D eigenvalue weighted by molar-refractivity contribution is 7.13. The van der Waals surface area contributed by atoms with Gasteiger partial charge in [0.25, 0.3) is 5.91 Å². The first-order valence-electron chi connectivity index (χ1n) is 8.02. The van der Waals surface area contributed by atoms with Crippen molar-refractivity contribution in [2.24, 2.45) is 5.92 Å². The van der Waals surface area contributed by atoms with E-state index in [2.05, 4.69) is 24.1 Å². The van der Waals surface area contributed by atoms with E-state index in [9.17, 15) is 9.59 Å². The van der Waals surface area contributed by atoms with Gasteiger partial charge in [0.15, 0.2) is 0 Å². The first-order valence-corrected chi connectivity index (χ1v) is 8.84. The van der Waals surface area contributed by atoms with Crippen LogP contribution >= 0.6 is 11.3 Å². The van der Waals surface area contributed by atoms with E-state index >= 15 is 0 Å². The Bertz CT molecular complexity index is 770. The molecule has 1 amide bonds. The van der Waals surface area contributed by atoms with Gasteiger partial charge in [0, 0.05) is 5.56 Å². The molecule has 2 N–H and O–H groups in total. The maximum atomic E-state index is 12.4. The molecule has 0 radical (unpaired) electrons. The topological polar surface area (TPSA) is 88.5 Å². The molecular weight excluding hydrogens is 340 g/mol. The van der Waals surface area contributed by atoms with Crippen LogP contribution in [0.3, 0.4) is 0 Å². The molecule has 2 aromatic rings. The molecule has 1 unspecified atom stereocenters. The van der Waals surface area contributed by atoms with E-state index in [-0.39, 0.29) is 16.8 Å². The van der Waals surface area contributed by atoms with E-state index in [0.29, 0.717) is 34.5 Å². The minimum Gasteiger partial charge on any atom is -0.493 e. The van der Waals surface area contributed by atoms with Gasteiger partial charge in [-0.3, -0.25) is 4.79 Å². The number of carboxylic acid groups (broad SMARTS) is 1. The number of carbonyl (C=O) groups is 2. The van der Waals surface area contributed by atoms with Gasteiger partial charge in [-0.2, -0.15) is 0 Å². The predicted molar refractivity (Wildman–Crippen MR) is 96.5 cm³/mol. The number of aromatic carboxylic acids is 1. The lowest BCUT2D eigenvalue weighted by Gasteiger charge is -2.13. The highest BCUT2D eigenvalue weighted by atomic mass is 32.1. The zero-order valence-electron chi connectivity index (χ0n) is 14.7. The number of aryl methyl sites for hydroxylation is 1. The van der Waals surface area contributed by atoms with Crippen LogP contribution in [-0.2, 0) is 0 Å². The summed E-state index contributed by atoms with van der Waals surface area (Å²) in [6.45, 7) is 8.12. The molecule has 0 fully saturated rings. The summed E-state index contributed by atoms with van der Waals surface area (Å²) in [5, 5.41) is 12.5. The smallest absolute Gasteiger partial charge is 0.347 e. The third-order valence-electron chi connectivity index (χ3n) is 3.40. The monoisotopic (exact) mass is 362 g/mol. The average molecular weight is 362 g/mol. The molecule has 7 heteroatoms. The lowest BCUT2D eigenvalue weighted by molar-refractivity contribution is 0.0701. The zero-order valence-corrected chi connectivity index (χ0v) is 15.5. The van der Waals surface area contributed by atoms with Crippen LogP contribution in [0.25, 0.3) is 0 Å². The second kappa shape index (κ2) is 8.11. The molecule has 1 atom stereocenters. The number of rotatable bonds is 7. The number of aromatic nitrogens is 1. The number of amides is 1. The Hall–Kier alpha value is -2.41. The number of hydrogen-bond acceptors (Lipinski definition) is 5. The lowest BCUT2D eigenvalue weighted by atomic mass is 10.2. The summed E-state index contributed by atoms with van der Waals surface area (Å²) in [4.78, 5) is 28.0. The number of hydrogen-bond donors (Lipinski definition) is 2. The number of ether oxygens (including phenoxy) is 1. The fourth-order valence-corrected chi connectivity index (χ4v) is 3.04. The summed E-state index contributed by atoms with van der Waals surface area (Å²) in [6.07, 6.45) is 0. The minimum atomic E-state index is -1.00. The van der Waals surface area contributed by atoms with Crippen molar-refractivity contribution in [1.82, 2.24) is 10.3 Å². The third-order valence-corrected chi connectivity index (χ3v) is 4.73. The molecule has 1 heterocycles. The molecular formula is C18H22N2O4S. The summed E-state index contributed by atoms with van der Waals surface area (Å²) < 4.78 is 5.64. The second-order valence-electron chi connectivity index (χ2n) is 6.20. The van der Waals surface area contributed by atoms with Crippen LogP contribution in [0.1, 0.15) is 57.5 Å². The van der Waals surface area contributed by atoms with Crippen LogP contribution in [0.2, 0.25) is 0 Å². The van der Waals surface area contributed by atoms with E-state index in [1.807, 2.05) is 6.07 Å². The molecule has 0 aliphatic heterocycles. The first-order chi connectivity index (χ1) is 11.8. The van der Waals surface area contributed by atoms with Gasteiger partial charge in [-0.25, -0.2) is 9.78 Å². The molecule has 0 aliphatic rings.